The smallest absolute Gasteiger partial charge is 0.313 e. The van der Waals surface area contributed by atoms with Crippen LogP contribution >= 0.6 is 0 Å². The first-order valence-electron chi connectivity index (χ1n) is 6.91. The minimum absolute atomic E-state index is 0.0723. The second-order valence-corrected chi connectivity index (χ2v) is 5.99. The summed E-state index contributed by atoms with van der Waals surface area (Å²) in [6.07, 6.45) is -2.42. The number of nitrogens with zero attached hydrogens (tertiary/aromatic N) is 1. The predicted octanol–water partition coefficient (Wildman–Crippen LogP) is 2.65. The zero-order chi connectivity index (χ0) is 13.3. The Bertz CT molecular complexity index is 264. The molecule has 1 saturated heterocycles. The SMILES string of the molecule is CC(C)N1C[C@H]2CC[C@@H](C1)[C@H]2NCCC(F)(F)F. The Balaban J connectivity index is 1.82. The van der Waals surface area contributed by atoms with Crippen molar-refractivity contribution in [3.63, 3.8) is 0 Å². The van der Waals surface area contributed by atoms with Crippen LogP contribution in [0.4, 0.5) is 13.2 Å². The lowest BCUT2D eigenvalue weighted by Gasteiger charge is -2.40. The number of alkyl halides is 3. The van der Waals surface area contributed by atoms with Gasteiger partial charge in [0, 0.05) is 31.7 Å². The van der Waals surface area contributed by atoms with E-state index in [1.807, 2.05) is 0 Å². The summed E-state index contributed by atoms with van der Waals surface area (Å²) in [6, 6.07) is 0.853. The maximum absolute atomic E-state index is 12.1. The highest BCUT2D eigenvalue weighted by atomic mass is 19.4. The fourth-order valence-electron chi connectivity index (χ4n) is 3.39. The van der Waals surface area contributed by atoms with Gasteiger partial charge in [0.2, 0.25) is 0 Å². The second kappa shape index (κ2) is 5.37. The van der Waals surface area contributed by atoms with E-state index in [4.69, 9.17) is 0 Å². The molecule has 0 spiro atoms. The summed E-state index contributed by atoms with van der Waals surface area (Å²) in [5.41, 5.74) is 0. The van der Waals surface area contributed by atoms with E-state index in [0.29, 0.717) is 23.9 Å². The topological polar surface area (TPSA) is 15.3 Å². The van der Waals surface area contributed by atoms with Gasteiger partial charge >= 0.3 is 6.18 Å². The Kier molecular flexibility index (Phi) is 4.22. The molecule has 0 aromatic rings. The fourth-order valence-corrected chi connectivity index (χ4v) is 3.39. The van der Waals surface area contributed by atoms with Crippen molar-refractivity contribution >= 4 is 0 Å². The molecule has 0 amide bonds. The Hall–Kier alpha value is -0.290. The fraction of sp³-hybridized carbons (Fsp3) is 1.00. The molecule has 1 aliphatic carbocycles. The van der Waals surface area contributed by atoms with E-state index in [0.717, 1.165) is 25.9 Å². The zero-order valence-corrected chi connectivity index (χ0v) is 11.1. The van der Waals surface area contributed by atoms with Crippen LogP contribution in [0, 0.1) is 11.8 Å². The molecule has 5 heteroatoms. The van der Waals surface area contributed by atoms with Gasteiger partial charge in [-0.15, -0.1) is 0 Å². The Morgan fingerprint density at radius 2 is 1.72 bits per heavy atom. The molecule has 2 fully saturated rings. The Morgan fingerprint density at radius 3 is 2.17 bits per heavy atom. The largest absolute Gasteiger partial charge is 0.390 e. The number of fused-ring (bicyclic) bond motifs is 2. The minimum atomic E-state index is -4.04. The molecular weight excluding hydrogens is 241 g/mol. The molecule has 3 atom stereocenters. The summed E-state index contributed by atoms with van der Waals surface area (Å²) >= 11 is 0. The molecule has 1 aliphatic heterocycles. The first-order chi connectivity index (χ1) is 8.37. The molecule has 2 bridgehead atoms. The third kappa shape index (κ3) is 3.38. The van der Waals surface area contributed by atoms with Crippen LogP contribution in [0.25, 0.3) is 0 Å². The van der Waals surface area contributed by atoms with Gasteiger partial charge in [-0.25, -0.2) is 0 Å². The van der Waals surface area contributed by atoms with Gasteiger partial charge in [-0.2, -0.15) is 13.2 Å². The summed E-state index contributed by atoms with van der Waals surface area (Å²) < 4.78 is 36.4. The van der Waals surface area contributed by atoms with Crippen molar-refractivity contribution < 1.29 is 13.2 Å². The van der Waals surface area contributed by atoms with Crippen molar-refractivity contribution in [2.75, 3.05) is 19.6 Å². The maximum Gasteiger partial charge on any atom is 0.390 e. The van der Waals surface area contributed by atoms with Gasteiger partial charge in [-0.3, -0.25) is 0 Å². The highest BCUT2D eigenvalue weighted by Gasteiger charge is 2.42. The van der Waals surface area contributed by atoms with Gasteiger partial charge in [0.05, 0.1) is 6.42 Å². The van der Waals surface area contributed by atoms with Crippen LogP contribution < -0.4 is 5.32 Å². The van der Waals surface area contributed by atoms with Crippen LogP contribution in [-0.2, 0) is 0 Å². The highest BCUT2D eigenvalue weighted by Crippen LogP contribution is 2.37. The van der Waals surface area contributed by atoms with E-state index in [-0.39, 0.29) is 6.54 Å². The second-order valence-electron chi connectivity index (χ2n) is 5.99. The summed E-state index contributed by atoms with van der Waals surface area (Å²) in [4.78, 5) is 2.46. The van der Waals surface area contributed by atoms with Gasteiger partial charge in [-0.1, -0.05) is 0 Å². The van der Waals surface area contributed by atoms with Crippen molar-refractivity contribution in [3.05, 3.63) is 0 Å². The van der Waals surface area contributed by atoms with Crippen LogP contribution in [0.1, 0.15) is 33.1 Å². The predicted molar refractivity (Wildman–Crippen MR) is 65.4 cm³/mol. The number of nitrogens with one attached hydrogen (secondary N) is 1. The molecule has 106 valence electrons. The summed E-state index contributed by atoms with van der Waals surface area (Å²) in [5, 5.41) is 3.15. The Labute approximate surface area is 107 Å². The maximum atomic E-state index is 12.1. The molecule has 0 radical (unpaired) electrons. The number of rotatable bonds is 4. The van der Waals surface area contributed by atoms with Gasteiger partial charge in [0.15, 0.2) is 0 Å². The first-order valence-corrected chi connectivity index (χ1v) is 6.91. The number of likely N-dealkylation sites (tertiary alicyclic amines) is 1. The van der Waals surface area contributed by atoms with E-state index < -0.39 is 12.6 Å². The number of hydrogen-bond donors (Lipinski definition) is 1. The molecule has 0 aromatic heterocycles. The summed E-state index contributed by atoms with van der Waals surface area (Å²) in [7, 11) is 0. The molecule has 2 rings (SSSR count). The van der Waals surface area contributed by atoms with E-state index >= 15 is 0 Å². The third-order valence-corrected chi connectivity index (χ3v) is 4.38. The normalized spacial score (nSPS) is 33.3. The number of piperidine rings is 1. The lowest BCUT2D eigenvalue weighted by molar-refractivity contribution is -0.134. The summed E-state index contributed by atoms with van der Waals surface area (Å²) in [5.74, 6) is 1.08. The average molecular weight is 264 g/mol. The van der Waals surface area contributed by atoms with E-state index in [2.05, 4.69) is 24.1 Å². The van der Waals surface area contributed by atoms with Crippen molar-refractivity contribution in [3.8, 4) is 0 Å². The highest BCUT2D eigenvalue weighted by molar-refractivity contribution is 4.97. The molecule has 1 N–H and O–H groups in total. The van der Waals surface area contributed by atoms with Gasteiger partial charge < -0.3 is 10.2 Å². The lowest BCUT2D eigenvalue weighted by atomic mass is 9.91. The van der Waals surface area contributed by atoms with Crippen LogP contribution in [0.2, 0.25) is 0 Å². The molecule has 0 unspecified atom stereocenters. The first kappa shape index (κ1) is 14.1. The molecule has 1 saturated carbocycles. The van der Waals surface area contributed by atoms with Crippen LogP contribution in [0.5, 0.6) is 0 Å². The van der Waals surface area contributed by atoms with Crippen molar-refractivity contribution in [2.45, 2.75) is 51.4 Å². The van der Waals surface area contributed by atoms with Crippen molar-refractivity contribution in [1.82, 2.24) is 10.2 Å². The molecule has 18 heavy (non-hydrogen) atoms. The Morgan fingerprint density at radius 1 is 1.17 bits per heavy atom. The standard InChI is InChI=1S/C13H23F3N2/c1-9(2)18-7-10-3-4-11(8-18)12(10)17-6-5-13(14,15)16/h9-12,17H,3-8H2,1-2H3/t10-,11+,12+. The van der Waals surface area contributed by atoms with Gasteiger partial charge in [-0.05, 0) is 38.5 Å². The lowest BCUT2D eigenvalue weighted by Crippen LogP contribution is -2.53. The number of halogens is 3. The molecular formula is C13H23F3N2. The molecule has 0 aromatic carbocycles. The third-order valence-electron chi connectivity index (χ3n) is 4.38. The minimum Gasteiger partial charge on any atom is -0.313 e. The van der Waals surface area contributed by atoms with E-state index in [1.165, 1.54) is 0 Å². The van der Waals surface area contributed by atoms with E-state index in [9.17, 15) is 13.2 Å². The van der Waals surface area contributed by atoms with Crippen LogP contribution in [-0.4, -0.2) is 42.8 Å². The molecule has 1 heterocycles. The quantitative estimate of drug-likeness (QED) is 0.839. The van der Waals surface area contributed by atoms with Crippen molar-refractivity contribution in [2.24, 2.45) is 11.8 Å². The average Bonchev–Trinajstić information content (AvgIpc) is 2.48. The van der Waals surface area contributed by atoms with Gasteiger partial charge in [0.1, 0.15) is 0 Å². The molecule has 2 nitrogen and oxygen atoms in total. The van der Waals surface area contributed by atoms with Gasteiger partial charge in [0.25, 0.3) is 0 Å². The van der Waals surface area contributed by atoms with Crippen molar-refractivity contribution in [1.29, 1.82) is 0 Å². The monoisotopic (exact) mass is 264 g/mol. The molecule has 2 aliphatic rings. The van der Waals surface area contributed by atoms with Crippen LogP contribution in [0.15, 0.2) is 0 Å². The number of hydrogen-bond acceptors (Lipinski definition) is 2. The zero-order valence-electron chi connectivity index (χ0n) is 11.1. The van der Waals surface area contributed by atoms with Crippen LogP contribution in [0.3, 0.4) is 0 Å². The summed E-state index contributed by atoms with van der Waals surface area (Å²) in [6.45, 7) is 6.53. The van der Waals surface area contributed by atoms with E-state index in [1.54, 1.807) is 0 Å².